The number of benzene rings is 1. The van der Waals surface area contributed by atoms with Crippen molar-refractivity contribution in [3.05, 3.63) is 40.3 Å². The molecule has 4 rings (SSSR count). The molecule has 2 aliphatic heterocycles. The quantitative estimate of drug-likeness (QED) is 0.820. The van der Waals surface area contributed by atoms with Gasteiger partial charge in [0, 0.05) is 38.6 Å². The number of carbonyl (C=O) groups is 2. The van der Waals surface area contributed by atoms with Crippen molar-refractivity contribution in [3.8, 4) is 0 Å². The highest BCUT2D eigenvalue weighted by Crippen LogP contribution is 2.32. The van der Waals surface area contributed by atoms with Gasteiger partial charge in [-0.15, -0.1) is 0 Å². The third kappa shape index (κ3) is 3.34. The summed E-state index contributed by atoms with van der Waals surface area (Å²) in [6.07, 6.45) is 2.91. The van der Waals surface area contributed by atoms with Crippen LogP contribution in [-0.4, -0.2) is 65.2 Å². The van der Waals surface area contributed by atoms with Crippen LogP contribution in [0.5, 0.6) is 0 Å². The number of piperidine rings is 1. The maximum absolute atomic E-state index is 13.1. The fraction of sp³-hybridized carbons (Fsp3) is 0.500. The fourth-order valence-corrected chi connectivity index (χ4v) is 4.52. The lowest BCUT2D eigenvalue weighted by Gasteiger charge is -2.34. The Labute approximate surface area is 162 Å². The Kier molecular flexibility index (Phi) is 5.02. The van der Waals surface area contributed by atoms with Gasteiger partial charge >= 0.3 is 6.03 Å². The first-order valence-corrected chi connectivity index (χ1v) is 9.82. The van der Waals surface area contributed by atoms with Gasteiger partial charge in [0.1, 0.15) is 0 Å². The maximum atomic E-state index is 13.1. The van der Waals surface area contributed by atoms with E-state index in [1.165, 1.54) is 0 Å². The third-order valence-electron chi connectivity index (χ3n) is 6.12. The number of nitrogens with zero attached hydrogens (tertiary/aromatic N) is 3. The van der Waals surface area contributed by atoms with E-state index in [2.05, 4.69) is 15.5 Å². The zero-order valence-electron chi connectivity index (χ0n) is 16.0. The predicted octanol–water partition coefficient (Wildman–Crippen LogP) is 1.44. The summed E-state index contributed by atoms with van der Waals surface area (Å²) in [4.78, 5) is 40.5. The summed E-state index contributed by atoms with van der Waals surface area (Å²) in [7, 11) is 1.66. The first-order valence-electron chi connectivity index (χ1n) is 9.82. The molecule has 1 atom stereocenters. The molecule has 3 heterocycles. The number of urea groups is 1. The molecule has 1 unspecified atom stereocenters. The SMILES string of the molecule is CNC(=O)N1CCC(C2CCN(C(=O)c3n[nH]c(=O)c4ccccc34)C2)CC1. The summed E-state index contributed by atoms with van der Waals surface area (Å²) in [6, 6.07) is 7.06. The number of carbonyl (C=O) groups excluding carboxylic acids is 2. The van der Waals surface area contributed by atoms with Gasteiger partial charge in [-0.3, -0.25) is 9.59 Å². The Morgan fingerprint density at radius 3 is 2.39 bits per heavy atom. The number of aromatic nitrogens is 2. The van der Waals surface area contributed by atoms with E-state index in [1.807, 2.05) is 15.9 Å². The molecule has 2 fully saturated rings. The second-order valence-electron chi connectivity index (χ2n) is 7.63. The number of rotatable bonds is 2. The standard InChI is InChI=1S/C20H25N5O3/c1-21-20(28)24-9-6-13(7-10-24)14-8-11-25(12-14)19(27)17-15-4-2-3-5-16(15)18(26)23-22-17/h2-5,13-14H,6-12H2,1H3,(H,21,28)(H,23,26). The molecule has 0 spiro atoms. The molecule has 1 aromatic heterocycles. The Hall–Kier alpha value is -2.90. The highest BCUT2D eigenvalue weighted by atomic mass is 16.2. The normalized spacial score (nSPS) is 20.5. The largest absolute Gasteiger partial charge is 0.341 e. The van der Waals surface area contributed by atoms with Crippen LogP contribution in [0.3, 0.4) is 0 Å². The molecule has 0 saturated carbocycles. The topological polar surface area (TPSA) is 98.4 Å². The van der Waals surface area contributed by atoms with Crippen LogP contribution in [0.25, 0.3) is 10.8 Å². The third-order valence-corrected chi connectivity index (χ3v) is 6.12. The lowest BCUT2D eigenvalue weighted by molar-refractivity contribution is 0.0772. The molecule has 2 aliphatic rings. The van der Waals surface area contributed by atoms with E-state index in [0.717, 1.165) is 32.4 Å². The van der Waals surface area contributed by atoms with Gasteiger partial charge in [0.15, 0.2) is 5.69 Å². The van der Waals surface area contributed by atoms with Crippen molar-refractivity contribution in [3.63, 3.8) is 0 Å². The number of hydrogen-bond acceptors (Lipinski definition) is 4. The number of hydrogen-bond donors (Lipinski definition) is 2. The summed E-state index contributed by atoms with van der Waals surface area (Å²) in [6.45, 7) is 2.94. The molecule has 28 heavy (non-hydrogen) atoms. The zero-order valence-corrected chi connectivity index (χ0v) is 16.0. The molecule has 2 saturated heterocycles. The van der Waals surface area contributed by atoms with Crippen molar-refractivity contribution >= 4 is 22.7 Å². The first-order chi connectivity index (χ1) is 13.6. The van der Waals surface area contributed by atoms with Crippen molar-refractivity contribution in [2.24, 2.45) is 11.8 Å². The molecule has 0 bridgehead atoms. The van der Waals surface area contributed by atoms with Crippen LogP contribution in [0, 0.1) is 11.8 Å². The minimum atomic E-state index is -0.283. The van der Waals surface area contributed by atoms with E-state index < -0.39 is 0 Å². The lowest BCUT2D eigenvalue weighted by atomic mass is 9.84. The van der Waals surface area contributed by atoms with Gasteiger partial charge in [0.25, 0.3) is 11.5 Å². The number of amides is 3. The van der Waals surface area contributed by atoms with E-state index in [0.29, 0.717) is 41.4 Å². The van der Waals surface area contributed by atoms with Crippen LogP contribution in [0.4, 0.5) is 4.79 Å². The van der Waals surface area contributed by atoms with Gasteiger partial charge in [-0.25, -0.2) is 9.89 Å². The maximum Gasteiger partial charge on any atom is 0.317 e. The van der Waals surface area contributed by atoms with Crippen LogP contribution < -0.4 is 10.9 Å². The van der Waals surface area contributed by atoms with Crippen molar-refractivity contribution in [1.82, 2.24) is 25.3 Å². The van der Waals surface area contributed by atoms with Crippen molar-refractivity contribution < 1.29 is 9.59 Å². The van der Waals surface area contributed by atoms with Crippen LogP contribution >= 0.6 is 0 Å². The van der Waals surface area contributed by atoms with Crippen LogP contribution in [0.1, 0.15) is 29.8 Å². The first kappa shape index (κ1) is 18.5. The summed E-state index contributed by atoms with van der Waals surface area (Å²) >= 11 is 0. The van der Waals surface area contributed by atoms with Gasteiger partial charge in [0.2, 0.25) is 0 Å². The minimum Gasteiger partial charge on any atom is -0.341 e. The molecule has 2 aromatic rings. The van der Waals surface area contributed by atoms with Crippen molar-refractivity contribution in [2.75, 3.05) is 33.2 Å². The van der Waals surface area contributed by atoms with Gasteiger partial charge < -0.3 is 15.1 Å². The lowest BCUT2D eigenvalue weighted by Crippen LogP contribution is -2.44. The van der Waals surface area contributed by atoms with E-state index in [9.17, 15) is 14.4 Å². The second-order valence-corrected chi connectivity index (χ2v) is 7.63. The average Bonchev–Trinajstić information content (AvgIpc) is 3.23. The fourth-order valence-electron chi connectivity index (χ4n) is 4.52. The molecule has 8 nitrogen and oxygen atoms in total. The smallest absolute Gasteiger partial charge is 0.317 e. The molecular formula is C20H25N5O3. The van der Waals surface area contributed by atoms with E-state index in [-0.39, 0.29) is 17.5 Å². The number of H-pyrrole nitrogens is 1. The molecule has 2 N–H and O–H groups in total. The molecule has 0 radical (unpaired) electrons. The highest BCUT2D eigenvalue weighted by Gasteiger charge is 2.35. The summed E-state index contributed by atoms with van der Waals surface area (Å²) < 4.78 is 0. The second kappa shape index (κ2) is 7.61. The number of aromatic amines is 1. The molecule has 1 aromatic carbocycles. The van der Waals surface area contributed by atoms with Gasteiger partial charge in [-0.2, -0.15) is 5.10 Å². The molecule has 8 heteroatoms. The number of fused-ring (bicyclic) bond motifs is 1. The Morgan fingerprint density at radius 1 is 1.04 bits per heavy atom. The molecule has 0 aliphatic carbocycles. The van der Waals surface area contributed by atoms with Gasteiger partial charge in [-0.05, 0) is 37.2 Å². The zero-order chi connectivity index (χ0) is 19.7. The van der Waals surface area contributed by atoms with E-state index in [4.69, 9.17) is 0 Å². The Morgan fingerprint density at radius 2 is 1.68 bits per heavy atom. The Balaban J connectivity index is 1.44. The number of likely N-dealkylation sites (tertiary alicyclic amines) is 2. The summed E-state index contributed by atoms with van der Waals surface area (Å²) in [5, 5.41) is 10.3. The van der Waals surface area contributed by atoms with Crippen LogP contribution in [0.2, 0.25) is 0 Å². The molecule has 148 valence electrons. The minimum absolute atomic E-state index is 0.0160. The monoisotopic (exact) mass is 383 g/mol. The van der Waals surface area contributed by atoms with Crippen LogP contribution in [-0.2, 0) is 0 Å². The number of nitrogens with one attached hydrogen (secondary N) is 2. The van der Waals surface area contributed by atoms with Crippen LogP contribution in [0.15, 0.2) is 29.1 Å². The van der Waals surface area contributed by atoms with E-state index in [1.54, 1.807) is 25.2 Å². The van der Waals surface area contributed by atoms with Crippen molar-refractivity contribution in [1.29, 1.82) is 0 Å². The van der Waals surface area contributed by atoms with Gasteiger partial charge in [-0.1, -0.05) is 18.2 Å². The average molecular weight is 383 g/mol. The van der Waals surface area contributed by atoms with Gasteiger partial charge in [0.05, 0.1) is 5.39 Å². The van der Waals surface area contributed by atoms with Crippen molar-refractivity contribution in [2.45, 2.75) is 19.3 Å². The molecule has 3 amide bonds. The Bertz CT molecular complexity index is 948. The van der Waals surface area contributed by atoms with E-state index >= 15 is 0 Å². The summed E-state index contributed by atoms with van der Waals surface area (Å²) in [5.74, 6) is 0.849. The predicted molar refractivity (Wildman–Crippen MR) is 105 cm³/mol. The highest BCUT2D eigenvalue weighted by molar-refractivity contribution is 6.04. The summed E-state index contributed by atoms with van der Waals surface area (Å²) in [5.41, 5.74) is 0.0274. The molecular weight excluding hydrogens is 358 g/mol.